The second-order valence-electron chi connectivity index (χ2n) is 4.91. The van der Waals surface area contributed by atoms with E-state index in [0.29, 0.717) is 10.0 Å². The third-order valence-electron chi connectivity index (χ3n) is 3.54. The predicted molar refractivity (Wildman–Crippen MR) is 85.3 cm³/mol. The number of hydrogen-bond acceptors (Lipinski definition) is 2. The van der Waals surface area contributed by atoms with E-state index < -0.39 is 5.82 Å². The molecule has 2 N–H and O–H groups in total. The van der Waals surface area contributed by atoms with Gasteiger partial charge in [-0.15, -0.1) is 0 Å². The average molecular weight is 349 g/mol. The van der Waals surface area contributed by atoms with E-state index in [4.69, 9.17) is 0 Å². The van der Waals surface area contributed by atoms with Gasteiger partial charge in [0.15, 0.2) is 0 Å². The molecule has 0 fully saturated rings. The Hall–Kier alpha value is -1.88. The van der Waals surface area contributed by atoms with E-state index in [-0.39, 0.29) is 11.6 Å². The van der Waals surface area contributed by atoms with Crippen LogP contribution in [0.2, 0.25) is 0 Å². The van der Waals surface area contributed by atoms with Crippen molar-refractivity contribution in [1.29, 1.82) is 0 Å². The minimum atomic E-state index is -0.458. The summed E-state index contributed by atoms with van der Waals surface area (Å²) >= 11 is 3.26. The first-order valence-corrected chi connectivity index (χ1v) is 7.57. The van der Waals surface area contributed by atoms with Crippen LogP contribution in [0, 0.1) is 5.82 Å². The number of para-hydroxylation sites is 1. The van der Waals surface area contributed by atoms with Crippen molar-refractivity contribution in [1.82, 2.24) is 0 Å². The summed E-state index contributed by atoms with van der Waals surface area (Å²) in [5.41, 5.74) is 2.74. The molecule has 2 aromatic carbocycles. The summed E-state index contributed by atoms with van der Waals surface area (Å²) in [5, 5.41) is 5.94. The van der Waals surface area contributed by atoms with Crippen molar-refractivity contribution in [3.63, 3.8) is 0 Å². The maximum atomic E-state index is 13.8. The molecule has 0 saturated carbocycles. The largest absolute Gasteiger partial charge is 0.385 e. The molecule has 1 aliphatic heterocycles. The fourth-order valence-electron chi connectivity index (χ4n) is 2.52. The molecule has 2 aromatic rings. The lowest BCUT2D eigenvalue weighted by molar-refractivity contribution is 0.102. The van der Waals surface area contributed by atoms with Crippen LogP contribution in [0.4, 0.5) is 15.8 Å². The van der Waals surface area contributed by atoms with Gasteiger partial charge in [-0.2, -0.15) is 0 Å². The summed E-state index contributed by atoms with van der Waals surface area (Å²) in [6.45, 7) is 0.914. The number of anilines is 2. The maximum absolute atomic E-state index is 13.8. The predicted octanol–water partition coefficient (Wildman–Crippen LogP) is 4.20. The van der Waals surface area contributed by atoms with Crippen LogP contribution in [0.1, 0.15) is 22.3 Å². The number of halogens is 2. The molecule has 1 aliphatic rings. The number of benzene rings is 2. The summed E-state index contributed by atoms with van der Waals surface area (Å²) in [6, 6.07) is 10.2. The minimum Gasteiger partial charge on any atom is -0.385 e. The van der Waals surface area contributed by atoms with Gasteiger partial charge >= 0.3 is 0 Å². The lowest BCUT2D eigenvalue weighted by Gasteiger charge is -2.20. The minimum absolute atomic E-state index is 0.170. The fourth-order valence-corrected chi connectivity index (χ4v) is 2.96. The number of carbonyl (C=O) groups is 1. The van der Waals surface area contributed by atoms with Crippen molar-refractivity contribution >= 4 is 33.2 Å². The number of hydrogen-bond donors (Lipinski definition) is 2. The molecule has 108 valence electrons. The molecule has 0 bridgehead atoms. The van der Waals surface area contributed by atoms with Crippen LogP contribution in [0.5, 0.6) is 0 Å². The Labute approximate surface area is 130 Å². The normalized spacial score (nSPS) is 13.2. The molecule has 5 heteroatoms. The van der Waals surface area contributed by atoms with Crippen LogP contribution < -0.4 is 10.6 Å². The van der Waals surface area contributed by atoms with E-state index in [2.05, 4.69) is 26.6 Å². The van der Waals surface area contributed by atoms with E-state index in [1.807, 2.05) is 12.1 Å². The van der Waals surface area contributed by atoms with Crippen LogP contribution in [-0.4, -0.2) is 12.5 Å². The van der Waals surface area contributed by atoms with Gasteiger partial charge in [0, 0.05) is 22.3 Å². The van der Waals surface area contributed by atoms with Gasteiger partial charge in [-0.1, -0.05) is 12.1 Å². The van der Waals surface area contributed by atoms with Gasteiger partial charge in [-0.05, 0) is 58.6 Å². The highest BCUT2D eigenvalue weighted by atomic mass is 79.9. The first kappa shape index (κ1) is 14.1. The Kier molecular flexibility index (Phi) is 3.92. The van der Waals surface area contributed by atoms with Gasteiger partial charge in [0.25, 0.3) is 5.91 Å². The molecule has 3 nitrogen and oxygen atoms in total. The molecule has 3 rings (SSSR count). The zero-order valence-electron chi connectivity index (χ0n) is 11.2. The summed E-state index contributed by atoms with van der Waals surface area (Å²) in [5.74, 6) is -0.748. The lowest BCUT2D eigenvalue weighted by atomic mass is 9.97. The third-order valence-corrected chi connectivity index (χ3v) is 4.20. The summed E-state index contributed by atoms with van der Waals surface area (Å²) in [4.78, 5) is 12.5. The Morgan fingerprint density at radius 2 is 2.05 bits per heavy atom. The summed E-state index contributed by atoms with van der Waals surface area (Å²) in [7, 11) is 0. The first-order valence-electron chi connectivity index (χ1n) is 6.78. The summed E-state index contributed by atoms with van der Waals surface area (Å²) < 4.78 is 14.3. The quantitative estimate of drug-likeness (QED) is 0.853. The van der Waals surface area contributed by atoms with Crippen molar-refractivity contribution < 1.29 is 9.18 Å². The van der Waals surface area contributed by atoms with E-state index in [1.54, 1.807) is 18.2 Å². The second-order valence-corrected chi connectivity index (χ2v) is 5.77. The van der Waals surface area contributed by atoms with Gasteiger partial charge < -0.3 is 10.6 Å². The standard InChI is InChI=1S/C16H14BrFN2O/c17-12-6-2-7-13(18)15(12)20-16(21)11-4-1-8-14-10(11)5-3-9-19-14/h1-2,4,6-8,19H,3,5,9H2,(H,20,21). The van der Waals surface area contributed by atoms with Crippen molar-refractivity contribution in [2.24, 2.45) is 0 Å². The molecule has 1 amide bonds. The number of amides is 1. The van der Waals surface area contributed by atoms with Crippen LogP contribution in [-0.2, 0) is 6.42 Å². The zero-order chi connectivity index (χ0) is 14.8. The van der Waals surface area contributed by atoms with Crippen molar-refractivity contribution in [2.75, 3.05) is 17.2 Å². The second kappa shape index (κ2) is 5.85. The zero-order valence-corrected chi connectivity index (χ0v) is 12.8. The number of nitrogens with one attached hydrogen (secondary N) is 2. The Bertz CT molecular complexity index is 682. The van der Waals surface area contributed by atoms with Crippen LogP contribution in [0.3, 0.4) is 0 Å². The molecular formula is C16H14BrFN2O. The van der Waals surface area contributed by atoms with Crippen molar-refractivity contribution in [3.05, 3.63) is 57.8 Å². The Morgan fingerprint density at radius 1 is 1.24 bits per heavy atom. The van der Waals surface area contributed by atoms with E-state index in [1.165, 1.54) is 6.07 Å². The third kappa shape index (κ3) is 2.78. The van der Waals surface area contributed by atoms with Gasteiger partial charge in [0.05, 0.1) is 5.69 Å². The molecule has 21 heavy (non-hydrogen) atoms. The van der Waals surface area contributed by atoms with Crippen molar-refractivity contribution in [3.8, 4) is 0 Å². The molecule has 0 atom stereocenters. The van der Waals surface area contributed by atoms with Gasteiger partial charge in [-0.3, -0.25) is 4.79 Å². The molecule has 1 heterocycles. The van der Waals surface area contributed by atoms with E-state index in [0.717, 1.165) is 30.6 Å². The SMILES string of the molecule is O=C(Nc1c(F)cccc1Br)c1cccc2c1CCCN2. The van der Waals surface area contributed by atoms with Crippen LogP contribution >= 0.6 is 15.9 Å². The highest BCUT2D eigenvalue weighted by molar-refractivity contribution is 9.10. The van der Waals surface area contributed by atoms with E-state index >= 15 is 0 Å². The Morgan fingerprint density at radius 3 is 2.86 bits per heavy atom. The van der Waals surface area contributed by atoms with Crippen LogP contribution in [0.25, 0.3) is 0 Å². The fraction of sp³-hybridized carbons (Fsp3) is 0.188. The molecule has 0 saturated heterocycles. The number of fused-ring (bicyclic) bond motifs is 1. The Balaban J connectivity index is 1.93. The highest BCUT2D eigenvalue weighted by Crippen LogP contribution is 2.28. The molecular weight excluding hydrogens is 335 g/mol. The molecule has 0 aromatic heterocycles. The number of carbonyl (C=O) groups excluding carboxylic acids is 1. The maximum Gasteiger partial charge on any atom is 0.256 e. The van der Waals surface area contributed by atoms with Gasteiger partial charge in [-0.25, -0.2) is 4.39 Å². The first-order chi connectivity index (χ1) is 10.2. The monoisotopic (exact) mass is 348 g/mol. The average Bonchev–Trinajstić information content (AvgIpc) is 2.50. The summed E-state index contributed by atoms with van der Waals surface area (Å²) in [6.07, 6.45) is 1.84. The molecule has 0 spiro atoms. The van der Waals surface area contributed by atoms with Crippen LogP contribution in [0.15, 0.2) is 40.9 Å². The number of rotatable bonds is 2. The molecule has 0 radical (unpaired) electrons. The molecule has 0 aliphatic carbocycles. The van der Waals surface area contributed by atoms with Gasteiger partial charge in [0.2, 0.25) is 0 Å². The van der Waals surface area contributed by atoms with Gasteiger partial charge in [0.1, 0.15) is 5.82 Å². The van der Waals surface area contributed by atoms with E-state index in [9.17, 15) is 9.18 Å². The molecule has 0 unspecified atom stereocenters. The smallest absolute Gasteiger partial charge is 0.256 e. The van der Waals surface area contributed by atoms with Crippen molar-refractivity contribution in [2.45, 2.75) is 12.8 Å². The lowest BCUT2D eigenvalue weighted by Crippen LogP contribution is -2.19. The topological polar surface area (TPSA) is 41.1 Å². The highest BCUT2D eigenvalue weighted by Gasteiger charge is 2.19.